The first-order valence-corrected chi connectivity index (χ1v) is 22.8. The maximum Gasteiger partial charge on any atom is 0.252 e. The number of pyridine rings is 1. The maximum atomic E-state index is 4.49. The van der Waals surface area contributed by atoms with Crippen LogP contribution in [0.3, 0.4) is 0 Å². The van der Waals surface area contributed by atoms with Crippen molar-refractivity contribution >= 4 is 68.6 Å². The number of hydrogen-bond donors (Lipinski definition) is 0. The van der Waals surface area contributed by atoms with Crippen LogP contribution in [0.25, 0.3) is 11.1 Å². The fraction of sp³-hybridized carbons (Fsp3) is 0.281. The summed E-state index contributed by atoms with van der Waals surface area (Å²) in [5, 5.41) is 0. The van der Waals surface area contributed by atoms with Gasteiger partial charge in [0.25, 0.3) is 6.71 Å². The molecule has 0 saturated heterocycles. The van der Waals surface area contributed by atoms with Gasteiger partial charge in [0, 0.05) is 63.3 Å². The average molecular weight is 809 g/mol. The third-order valence-corrected chi connectivity index (χ3v) is 15.2. The smallest absolute Gasteiger partial charge is 0.252 e. The molecule has 3 aliphatic heterocycles. The Labute approximate surface area is 369 Å². The standard InChI is InChI=1S/C57H57BN4/c1-54(2,3)40-23-25-43(26-24-40)61-50-36-44(62-48-29-22-38(39-17-16-32-59-37-39)33-45(48)56(7)30-14-15-31-57(56,62)8)27-28-47(50)58-46-20-12-13-21-49(46)60(42-18-10-9-11-19-42)51-34-41(55(4,5)6)35-52(61)53(51)58/h9-13,16-29,32-37H,14-15,30-31H2,1-8H3. The SMILES string of the molecule is CC(C)(C)c1ccc(N2c3cc(N4c5ccc(-c6cccnc6)cc5C5(C)CCCCC45C)ccc3B3c4ccccc4N(c4ccccc4)c4cc(C(C)(C)C)cc2c43)cc1. The topological polar surface area (TPSA) is 22.6 Å². The van der Waals surface area contributed by atoms with Crippen molar-refractivity contribution in [1.29, 1.82) is 0 Å². The molecule has 1 aliphatic carbocycles. The maximum absolute atomic E-state index is 4.49. The van der Waals surface area contributed by atoms with Crippen molar-refractivity contribution in [3.8, 4) is 11.1 Å². The van der Waals surface area contributed by atoms with E-state index in [1.54, 1.807) is 0 Å². The molecule has 4 aliphatic rings. The van der Waals surface area contributed by atoms with Crippen LogP contribution in [0.1, 0.15) is 97.8 Å². The normalized spacial score (nSPS) is 20.0. The Balaban J connectivity index is 1.18. The minimum Gasteiger partial charge on any atom is -0.334 e. The second-order valence-corrected chi connectivity index (χ2v) is 20.8. The summed E-state index contributed by atoms with van der Waals surface area (Å²) in [7, 11) is 0. The van der Waals surface area contributed by atoms with Crippen LogP contribution in [0, 0.1) is 0 Å². The highest BCUT2D eigenvalue weighted by Gasteiger charge is 2.58. The molecule has 7 aromatic rings. The molecule has 4 nitrogen and oxygen atoms in total. The molecule has 62 heavy (non-hydrogen) atoms. The second-order valence-electron chi connectivity index (χ2n) is 20.8. The van der Waals surface area contributed by atoms with Crippen molar-refractivity contribution in [1.82, 2.24) is 4.98 Å². The van der Waals surface area contributed by atoms with Crippen LogP contribution in [0.5, 0.6) is 0 Å². The molecular weight excluding hydrogens is 751 g/mol. The lowest BCUT2D eigenvalue weighted by molar-refractivity contribution is 0.195. The van der Waals surface area contributed by atoms with Crippen molar-refractivity contribution in [3.63, 3.8) is 0 Å². The van der Waals surface area contributed by atoms with Gasteiger partial charge in [-0.3, -0.25) is 4.98 Å². The lowest BCUT2D eigenvalue weighted by Gasteiger charge is -2.50. The molecule has 4 heterocycles. The Hall–Kier alpha value is -6.07. The largest absolute Gasteiger partial charge is 0.334 e. The molecule has 0 amide bonds. The molecule has 2 unspecified atom stereocenters. The number of para-hydroxylation sites is 2. The van der Waals surface area contributed by atoms with Crippen molar-refractivity contribution in [3.05, 3.63) is 169 Å². The van der Waals surface area contributed by atoms with E-state index in [0.717, 1.165) is 6.42 Å². The number of nitrogens with zero attached hydrogens (tertiary/aromatic N) is 4. The molecular formula is C57H57BN4. The zero-order chi connectivity index (χ0) is 42.8. The number of hydrogen-bond acceptors (Lipinski definition) is 4. The first-order chi connectivity index (χ1) is 29.8. The van der Waals surface area contributed by atoms with E-state index in [4.69, 9.17) is 0 Å². The summed E-state index contributed by atoms with van der Waals surface area (Å²) in [6.45, 7) is 19.1. The van der Waals surface area contributed by atoms with E-state index in [9.17, 15) is 0 Å². The van der Waals surface area contributed by atoms with Crippen molar-refractivity contribution < 1.29 is 0 Å². The molecule has 0 spiro atoms. The van der Waals surface area contributed by atoms with Gasteiger partial charge in [-0.25, -0.2) is 0 Å². The van der Waals surface area contributed by atoms with Crippen LogP contribution in [-0.4, -0.2) is 17.2 Å². The average Bonchev–Trinajstić information content (AvgIpc) is 3.48. The molecule has 1 aromatic heterocycles. The van der Waals surface area contributed by atoms with Gasteiger partial charge in [-0.1, -0.05) is 128 Å². The molecule has 1 saturated carbocycles. The summed E-state index contributed by atoms with van der Waals surface area (Å²) in [6.07, 6.45) is 8.65. The molecule has 6 aromatic carbocycles. The van der Waals surface area contributed by atoms with Crippen molar-refractivity contribution in [2.24, 2.45) is 0 Å². The van der Waals surface area contributed by atoms with E-state index < -0.39 is 0 Å². The van der Waals surface area contributed by atoms with Gasteiger partial charge in [0.15, 0.2) is 0 Å². The van der Waals surface area contributed by atoms with Gasteiger partial charge in [-0.15, -0.1) is 0 Å². The third-order valence-electron chi connectivity index (χ3n) is 15.2. The van der Waals surface area contributed by atoms with Gasteiger partial charge in [0.1, 0.15) is 0 Å². The van der Waals surface area contributed by atoms with Crippen LogP contribution in [0.2, 0.25) is 0 Å². The summed E-state index contributed by atoms with van der Waals surface area (Å²) in [4.78, 5) is 12.4. The Kier molecular flexibility index (Phi) is 8.59. The van der Waals surface area contributed by atoms with Crippen LogP contribution < -0.4 is 31.1 Å². The summed E-state index contributed by atoms with van der Waals surface area (Å²) in [5.74, 6) is 0. The van der Waals surface area contributed by atoms with Gasteiger partial charge in [0.2, 0.25) is 0 Å². The zero-order valence-electron chi connectivity index (χ0n) is 37.6. The minimum atomic E-state index is -0.0959. The Morgan fingerprint density at radius 1 is 0.516 bits per heavy atom. The molecule has 11 rings (SSSR count). The van der Waals surface area contributed by atoms with E-state index in [2.05, 4.69) is 209 Å². The number of anilines is 8. The number of benzene rings is 6. The van der Waals surface area contributed by atoms with Crippen LogP contribution >= 0.6 is 0 Å². The first-order valence-electron chi connectivity index (χ1n) is 22.8. The molecule has 2 atom stereocenters. The van der Waals surface area contributed by atoms with Crippen molar-refractivity contribution in [2.75, 3.05) is 14.7 Å². The van der Waals surface area contributed by atoms with Gasteiger partial charge in [0.05, 0.1) is 5.54 Å². The van der Waals surface area contributed by atoms with E-state index >= 15 is 0 Å². The van der Waals surface area contributed by atoms with Gasteiger partial charge < -0.3 is 14.7 Å². The Morgan fingerprint density at radius 3 is 1.87 bits per heavy atom. The predicted molar refractivity (Wildman–Crippen MR) is 264 cm³/mol. The third kappa shape index (κ3) is 5.69. The summed E-state index contributed by atoms with van der Waals surface area (Å²) < 4.78 is 0. The molecule has 308 valence electrons. The van der Waals surface area contributed by atoms with E-state index in [-0.39, 0.29) is 28.5 Å². The zero-order valence-corrected chi connectivity index (χ0v) is 37.6. The minimum absolute atomic E-state index is 0.0104. The summed E-state index contributed by atoms with van der Waals surface area (Å²) in [5.41, 5.74) is 20.4. The number of rotatable bonds is 4. The van der Waals surface area contributed by atoms with Crippen LogP contribution in [0.15, 0.2) is 152 Å². The number of aromatic nitrogens is 1. The molecule has 5 heteroatoms. The summed E-state index contributed by atoms with van der Waals surface area (Å²) >= 11 is 0. The van der Waals surface area contributed by atoms with E-state index in [1.807, 2.05) is 18.5 Å². The predicted octanol–water partition coefficient (Wildman–Crippen LogP) is 13.2. The number of fused-ring (bicyclic) bond motifs is 7. The lowest BCUT2D eigenvalue weighted by Crippen LogP contribution is -2.61. The van der Waals surface area contributed by atoms with Crippen molar-refractivity contribution in [2.45, 2.75) is 103 Å². The Morgan fingerprint density at radius 2 is 1.16 bits per heavy atom. The lowest BCUT2D eigenvalue weighted by atomic mass is 9.33. The highest BCUT2D eigenvalue weighted by atomic mass is 15.3. The van der Waals surface area contributed by atoms with Gasteiger partial charge >= 0.3 is 0 Å². The van der Waals surface area contributed by atoms with E-state index in [1.165, 1.54) is 109 Å². The fourth-order valence-electron chi connectivity index (χ4n) is 11.6. The Bertz CT molecular complexity index is 2870. The highest BCUT2D eigenvalue weighted by molar-refractivity contribution is 7.00. The quantitative estimate of drug-likeness (QED) is 0.165. The van der Waals surface area contributed by atoms with Gasteiger partial charge in [-0.05, 0) is 148 Å². The second kappa shape index (κ2) is 13.7. The van der Waals surface area contributed by atoms with Gasteiger partial charge in [-0.2, -0.15) is 0 Å². The summed E-state index contributed by atoms with van der Waals surface area (Å²) in [6, 6.07) is 53.4. The monoisotopic (exact) mass is 808 g/mol. The van der Waals surface area contributed by atoms with Crippen LogP contribution in [-0.2, 0) is 16.2 Å². The molecule has 0 N–H and O–H groups in total. The molecule has 0 bridgehead atoms. The highest BCUT2D eigenvalue weighted by Crippen LogP contribution is 2.61. The molecule has 0 radical (unpaired) electrons. The fourth-order valence-corrected chi connectivity index (χ4v) is 11.6. The van der Waals surface area contributed by atoms with E-state index in [0.29, 0.717) is 0 Å². The molecule has 1 fully saturated rings. The first kappa shape index (κ1) is 38.8. The van der Waals surface area contributed by atoms with Crippen LogP contribution in [0.4, 0.5) is 45.5 Å².